The van der Waals surface area contributed by atoms with E-state index in [4.69, 9.17) is 11.6 Å². The maximum absolute atomic E-state index is 12.3. The minimum Gasteiger partial charge on any atom is -0.346 e. The second-order valence-corrected chi connectivity index (χ2v) is 7.59. The lowest BCUT2D eigenvalue weighted by Gasteiger charge is -2.25. The van der Waals surface area contributed by atoms with Crippen LogP contribution in [0.2, 0.25) is 4.34 Å². The molecule has 0 unspecified atom stereocenters. The van der Waals surface area contributed by atoms with Crippen molar-refractivity contribution in [1.82, 2.24) is 14.9 Å². The quantitative estimate of drug-likeness (QED) is 0.685. The highest BCUT2D eigenvalue weighted by atomic mass is 35.5. The summed E-state index contributed by atoms with van der Waals surface area (Å²) in [6.07, 6.45) is 10.2. The van der Waals surface area contributed by atoms with E-state index in [0.717, 1.165) is 26.7 Å². The van der Waals surface area contributed by atoms with Gasteiger partial charge in [0.15, 0.2) is 0 Å². The molecule has 0 saturated heterocycles. The van der Waals surface area contributed by atoms with E-state index in [9.17, 15) is 4.79 Å². The molecule has 0 saturated carbocycles. The maximum Gasteiger partial charge on any atom is 0.246 e. The molecule has 0 bridgehead atoms. The summed E-state index contributed by atoms with van der Waals surface area (Å²) in [5.41, 5.74) is 3.34. The average molecular weight is 370 g/mol. The van der Waals surface area contributed by atoms with Gasteiger partial charge >= 0.3 is 0 Å². The van der Waals surface area contributed by atoms with Crippen LogP contribution in [0.15, 0.2) is 48.8 Å². The van der Waals surface area contributed by atoms with Crippen LogP contribution in [-0.4, -0.2) is 33.9 Å². The monoisotopic (exact) mass is 369 g/mol. The van der Waals surface area contributed by atoms with Gasteiger partial charge in [-0.3, -0.25) is 4.79 Å². The molecule has 3 aromatic heterocycles. The summed E-state index contributed by atoms with van der Waals surface area (Å²) in [6, 6.07) is 7.76. The Morgan fingerprint density at radius 1 is 1.36 bits per heavy atom. The predicted molar refractivity (Wildman–Crippen MR) is 104 cm³/mol. The SMILES string of the molecule is O=C(/C=C/c1ccc(Cl)s1)N1CC=C(c2c[nH]c3ncccc23)CC1. The summed E-state index contributed by atoms with van der Waals surface area (Å²) < 4.78 is 0.728. The molecule has 0 fully saturated rings. The molecule has 1 N–H and O–H groups in total. The molecule has 4 heterocycles. The van der Waals surface area contributed by atoms with E-state index in [1.54, 1.807) is 12.3 Å². The van der Waals surface area contributed by atoms with Gasteiger partial charge in [0, 0.05) is 47.4 Å². The smallest absolute Gasteiger partial charge is 0.246 e. The summed E-state index contributed by atoms with van der Waals surface area (Å²) in [7, 11) is 0. The van der Waals surface area contributed by atoms with Crippen LogP contribution in [-0.2, 0) is 4.79 Å². The van der Waals surface area contributed by atoms with E-state index in [1.165, 1.54) is 22.5 Å². The van der Waals surface area contributed by atoms with Gasteiger partial charge in [-0.25, -0.2) is 4.98 Å². The first-order chi connectivity index (χ1) is 12.2. The molecular weight excluding hydrogens is 354 g/mol. The summed E-state index contributed by atoms with van der Waals surface area (Å²) in [5, 5.41) is 1.13. The lowest BCUT2D eigenvalue weighted by molar-refractivity contribution is -0.125. The third-order valence-electron chi connectivity index (χ3n) is 4.30. The molecule has 6 heteroatoms. The third kappa shape index (κ3) is 3.38. The Labute approximate surface area is 154 Å². The van der Waals surface area contributed by atoms with Gasteiger partial charge in [-0.2, -0.15) is 0 Å². The molecule has 1 aliphatic rings. The third-order valence-corrected chi connectivity index (χ3v) is 5.50. The van der Waals surface area contributed by atoms with Gasteiger partial charge in [-0.15, -0.1) is 11.3 Å². The number of thiophene rings is 1. The molecule has 4 rings (SSSR count). The van der Waals surface area contributed by atoms with Gasteiger partial charge in [0.1, 0.15) is 5.65 Å². The number of aromatic amines is 1. The van der Waals surface area contributed by atoms with Gasteiger partial charge in [-0.1, -0.05) is 17.7 Å². The molecule has 25 heavy (non-hydrogen) atoms. The zero-order valence-electron chi connectivity index (χ0n) is 13.4. The van der Waals surface area contributed by atoms with Crippen LogP contribution in [0.1, 0.15) is 16.9 Å². The van der Waals surface area contributed by atoms with Crippen LogP contribution in [0.3, 0.4) is 0 Å². The van der Waals surface area contributed by atoms with Crippen molar-refractivity contribution in [2.75, 3.05) is 13.1 Å². The Kier molecular flexibility index (Phi) is 4.42. The van der Waals surface area contributed by atoms with Crippen LogP contribution in [0, 0.1) is 0 Å². The molecule has 0 radical (unpaired) electrons. The van der Waals surface area contributed by atoms with E-state index in [1.807, 2.05) is 35.4 Å². The van der Waals surface area contributed by atoms with Gasteiger partial charge < -0.3 is 9.88 Å². The number of H-pyrrole nitrogens is 1. The average Bonchev–Trinajstić information content (AvgIpc) is 3.26. The summed E-state index contributed by atoms with van der Waals surface area (Å²) >= 11 is 7.37. The Hall–Kier alpha value is -2.37. The minimum atomic E-state index is 0.0282. The van der Waals surface area contributed by atoms with Crippen LogP contribution < -0.4 is 0 Å². The number of nitrogens with one attached hydrogen (secondary N) is 1. The first-order valence-corrected chi connectivity index (χ1v) is 9.24. The zero-order valence-corrected chi connectivity index (χ0v) is 15.0. The minimum absolute atomic E-state index is 0.0282. The number of nitrogens with zero attached hydrogens (tertiary/aromatic N) is 2. The fourth-order valence-electron chi connectivity index (χ4n) is 3.01. The zero-order chi connectivity index (χ0) is 17.2. The Balaban J connectivity index is 1.46. The molecule has 0 atom stereocenters. The molecule has 0 aromatic carbocycles. The lowest BCUT2D eigenvalue weighted by atomic mass is 9.99. The van der Waals surface area contributed by atoms with E-state index in [2.05, 4.69) is 22.1 Å². The second kappa shape index (κ2) is 6.86. The number of pyridine rings is 1. The fraction of sp³-hybridized carbons (Fsp3) is 0.158. The number of hydrogen-bond donors (Lipinski definition) is 1. The number of halogens is 1. The lowest BCUT2D eigenvalue weighted by Crippen LogP contribution is -2.33. The number of rotatable bonds is 3. The Morgan fingerprint density at radius 3 is 3.04 bits per heavy atom. The standard InChI is InChI=1S/C19H16ClN3OS/c20-17-5-3-14(25-17)4-6-18(24)23-10-7-13(8-11-23)16-12-22-19-15(16)2-1-9-21-19/h1-7,9,12H,8,10-11H2,(H,21,22)/b6-4+. The molecule has 0 spiro atoms. The van der Waals surface area contributed by atoms with Crippen molar-refractivity contribution in [1.29, 1.82) is 0 Å². The molecule has 0 aliphatic carbocycles. The van der Waals surface area contributed by atoms with E-state index in [-0.39, 0.29) is 5.91 Å². The van der Waals surface area contributed by atoms with E-state index < -0.39 is 0 Å². The van der Waals surface area contributed by atoms with Crippen LogP contribution in [0.25, 0.3) is 22.7 Å². The normalized spacial score (nSPS) is 15.1. The van der Waals surface area contributed by atoms with Crippen molar-refractivity contribution in [2.24, 2.45) is 0 Å². The highest BCUT2D eigenvalue weighted by Gasteiger charge is 2.18. The molecule has 1 amide bonds. The van der Waals surface area contributed by atoms with Crippen LogP contribution >= 0.6 is 22.9 Å². The first kappa shape index (κ1) is 16.1. The van der Waals surface area contributed by atoms with Crippen molar-refractivity contribution in [2.45, 2.75) is 6.42 Å². The first-order valence-electron chi connectivity index (χ1n) is 8.04. The number of amides is 1. The number of carbonyl (C=O) groups is 1. The van der Waals surface area contributed by atoms with Crippen molar-refractivity contribution in [3.8, 4) is 0 Å². The molecule has 1 aliphatic heterocycles. The molecule has 3 aromatic rings. The van der Waals surface area contributed by atoms with E-state index >= 15 is 0 Å². The highest BCUT2D eigenvalue weighted by molar-refractivity contribution is 7.17. The molecule has 4 nitrogen and oxygen atoms in total. The van der Waals surface area contributed by atoms with Crippen molar-refractivity contribution in [3.63, 3.8) is 0 Å². The van der Waals surface area contributed by atoms with E-state index in [0.29, 0.717) is 13.1 Å². The Bertz CT molecular complexity index is 985. The predicted octanol–water partition coefficient (Wildman–Crippen LogP) is 4.61. The number of fused-ring (bicyclic) bond motifs is 1. The maximum atomic E-state index is 12.3. The molecular formula is C19H16ClN3OS. The summed E-state index contributed by atoms with van der Waals surface area (Å²) in [5.74, 6) is 0.0282. The number of hydrogen-bond acceptors (Lipinski definition) is 3. The van der Waals surface area contributed by atoms with Crippen molar-refractivity contribution in [3.05, 3.63) is 63.6 Å². The number of carbonyl (C=O) groups excluding carboxylic acids is 1. The van der Waals surface area contributed by atoms with Gasteiger partial charge in [0.25, 0.3) is 0 Å². The summed E-state index contributed by atoms with van der Waals surface area (Å²) in [4.78, 5) is 22.7. The second-order valence-electron chi connectivity index (χ2n) is 5.84. The van der Waals surface area contributed by atoms with Crippen molar-refractivity contribution >= 4 is 51.5 Å². The largest absolute Gasteiger partial charge is 0.346 e. The van der Waals surface area contributed by atoms with Crippen LogP contribution in [0.4, 0.5) is 0 Å². The highest BCUT2D eigenvalue weighted by Crippen LogP contribution is 2.28. The van der Waals surface area contributed by atoms with Crippen LogP contribution in [0.5, 0.6) is 0 Å². The molecule has 126 valence electrons. The van der Waals surface area contributed by atoms with Gasteiger partial charge in [0.2, 0.25) is 5.91 Å². The van der Waals surface area contributed by atoms with Gasteiger partial charge in [-0.05, 0) is 42.3 Å². The van der Waals surface area contributed by atoms with Gasteiger partial charge in [0.05, 0.1) is 4.34 Å². The Morgan fingerprint density at radius 2 is 2.28 bits per heavy atom. The number of aromatic nitrogens is 2. The summed E-state index contributed by atoms with van der Waals surface area (Å²) in [6.45, 7) is 1.34. The topological polar surface area (TPSA) is 49.0 Å². The van der Waals surface area contributed by atoms with Crippen molar-refractivity contribution < 1.29 is 4.79 Å². The fourth-order valence-corrected chi connectivity index (χ4v) is 3.98.